The lowest BCUT2D eigenvalue weighted by atomic mass is 9.75. The van der Waals surface area contributed by atoms with Crippen molar-refractivity contribution >= 4 is 33.7 Å². The summed E-state index contributed by atoms with van der Waals surface area (Å²) in [7, 11) is 2.65. The molecule has 1 aliphatic carbocycles. The molecule has 7 heteroatoms. The largest absolute Gasteiger partial charge is 0.469 e. The normalized spacial score (nSPS) is 14.5. The van der Waals surface area contributed by atoms with Crippen molar-refractivity contribution in [2.24, 2.45) is 5.41 Å². The molecule has 6 nitrogen and oxygen atoms in total. The van der Waals surface area contributed by atoms with Gasteiger partial charge in [-0.15, -0.1) is 0 Å². The topological polar surface area (TPSA) is 105 Å². The summed E-state index contributed by atoms with van der Waals surface area (Å²) in [6.45, 7) is 0. The minimum atomic E-state index is -0.745. The number of esters is 2. The number of hydrogen-bond donors (Lipinski definition) is 1. The van der Waals surface area contributed by atoms with Crippen molar-refractivity contribution in [1.82, 2.24) is 6.15 Å². The van der Waals surface area contributed by atoms with Gasteiger partial charge in [-0.2, -0.15) is 0 Å². The number of carbonyl (C=O) groups is 3. The van der Waals surface area contributed by atoms with E-state index in [1.165, 1.54) is 14.2 Å². The zero-order valence-electron chi connectivity index (χ0n) is 13.9. The number of Topliss-reactive ketones (excluding diaryl/α,β-unsaturated/α-hetero) is 1. The van der Waals surface area contributed by atoms with Crippen molar-refractivity contribution in [2.75, 3.05) is 14.2 Å². The zero-order chi connectivity index (χ0) is 17.0. The summed E-state index contributed by atoms with van der Waals surface area (Å²) in [4.78, 5) is 36.0. The van der Waals surface area contributed by atoms with E-state index in [0.717, 1.165) is 10.0 Å². The van der Waals surface area contributed by atoms with Crippen molar-refractivity contribution < 1.29 is 23.9 Å². The van der Waals surface area contributed by atoms with E-state index < -0.39 is 5.41 Å². The van der Waals surface area contributed by atoms with Gasteiger partial charge in [0.15, 0.2) is 5.78 Å². The molecule has 1 aromatic carbocycles. The summed E-state index contributed by atoms with van der Waals surface area (Å²) in [5, 5.41) is 0. The van der Waals surface area contributed by atoms with Gasteiger partial charge in [0.05, 0.1) is 14.2 Å². The summed E-state index contributed by atoms with van der Waals surface area (Å²) in [6, 6.07) is 5.61. The van der Waals surface area contributed by atoms with E-state index in [0.29, 0.717) is 24.8 Å². The van der Waals surface area contributed by atoms with Crippen LogP contribution in [0.5, 0.6) is 0 Å². The predicted octanol–water partition coefficient (Wildman–Crippen LogP) is 3.24. The molecule has 1 aromatic rings. The number of rotatable bonds is 6. The third-order valence-corrected chi connectivity index (χ3v) is 4.89. The van der Waals surface area contributed by atoms with Crippen LogP contribution in [0.3, 0.4) is 0 Å². The first-order valence-electron chi connectivity index (χ1n) is 7.39. The van der Waals surface area contributed by atoms with Gasteiger partial charge in [0, 0.05) is 28.3 Å². The third kappa shape index (κ3) is 4.21. The first-order chi connectivity index (χ1) is 10.9. The summed E-state index contributed by atoms with van der Waals surface area (Å²) in [6.07, 6.45) is 1.56. The number of halogens is 1. The monoisotopic (exact) mass is 399 g/mol. The molecule has 0 amide bonds. The third-order valence-electron chi connectivity index (χ3n) is 4.40. The average Bonchev–Trinajstić information content (AvgIpc) is 2.83. The van der Waals surface area contributed by atoms with Gasteiger partial charge < -0.3 is 15.6 Å². The molecule has 0 aliphatic heterocycles. The molecule has 0 bridgehead atoms. The minimum Gasteiger partial charge on any atom is -0.469 e. The molecule has 132 valence electrons. The van der Waals surface area contributed by atoms with Gasteiger partial charge in [-0.05, 0) is 37.0 Å². The predicted molar refractivity (Wildman–Crippen MR) is 92.1 cm³/mol. The van der Waals surface area contributed by atoms with Gasteiger partial charge in [0.1, 0.15) is 0 Å². The number of ketones is 1. The van der Waals surface area contributed by atoms with E-state index in [4.69, 9.17) is 0 Å². The molecule has 0 radical (unpaired) electrons. The van der Waals surface area contributed by atoms with Crippen LogP contribution in [0.25, 0.3) is 0 Å². The van der Waals surface area contributed by atoms with Crippen LogP contribution in [0.15, 0.2) is 22.7 Å². The van der Waals surface area contributed by atoms with Crippen LogP contribution in [0.1, 0.15) is 41.6 Å². The number of fused-ring (bicyclic) bond motifs is 1. The van der Waals surface area contributed by atoms with E-state index >= 15 is 0 Å². The van der Waals surface area contributed by atoms with Gasteiger partial charge in [-0.3, -0.25) is 14.4 Å². The lowest BCUT2D eigenvalue weighted by Gasteiger charge is -2.26. The van der Waals surface area contributed by atoms with Crippen LogP contribution in [0.2, 0.25) is 0 Å². The highest BCUT2D eigenvalue weighted by atomic mass is 79.9. The molecule has 0 atom stereocenters. The molecule has 3 N–H and O–H groups in total. The molecule has 0 aromatic heterocycles. The fourth-order valence-corrected chi connectivity index (χ4v) is 3.42. The Hall–Kier alpha value is -1.73. The standard InChI is InChI=1S/C17H19BrO5.H3N/c1-22-14(19)5-7-17(8-6-15(20)23-2)10-11-3-4-12(18)9-13(11)16(17)21;/h3-4,9H,5-8,10H2,1-2H3;1H3. The Labute approximate surface area is 149 Å². The Balaban J connectivity index is 0.00000288. The molecule has 0 fully saturated rings. The van der Waals surface area contributed by atoms with E-state index in [-0.39, 0.29) is 36.7 Å². The van der Waals surface area contributed by atoms with Crippen LogP contribution in [0, 0.1) is 5.41 Å². The molecule has 0 saturated carbocycles. The van der Waals surface area contributed by atoms with Crippen LogP contribution in [-0.4, -0.2) is 31.9 Å². The lowest BCUT2D eigenvalue weighted by molar-refractivity contribution is -0.141. The summed E-state index contributed by atoms with van der Waals surface area (Å²) < 4.78 is 10.2. The van der Waals surface area contributed by atoms with Gasteiger partial charge in [-0.1, -0.05) is 22.0 Å². The number of ether oxygens (including phenoxy) is 2. The Morgan fingerprint density at radius 1 is 1.12 bits per heavy atom. The molecule has 0 heterocycles. The number of carbonyl (C=O) groups excluding carboxylic acids is 3. The van der Waals surface area contributed by atoms with Crippen molar-refractivity contribution in [3.05, 3.63) is 33.8 Å². The zero-order valence-corrected chi connectivity index (χ0v) is 15.5. The van der Waals surface area contributed by atoms with Crippen LogP contribution < -0.4 is 6.15 Å². The highest BCUT2D eigenvalue weighted by molar-refractivity contribution is 9.10. The first-order valence-corrected chi connectivity index (χ1v) is 8.18. The van der Waals surface area contributed by atoms with E-state index in [1.54, 1.807) is 6.07 Å². The van der Waals surface area contributed by atoms with Crippen molar-refractivity contribution in [1.29, 1.82) is 0 Å². The number of methoxy groups -OCH3 is 2. The average molecular weight is 400 g/mol. The highest BCUT2D eigenvalue weighted by Crippen LogP contribution is 2.44. The molecule has 24 heavy (non-hydrogen) atoms. The molecule has 0 saturated heterocycles. The van der Waals surface area contributed by atoms with Crippen LogP contribution in [-0.2, 0) is 25.5 Å². The Morgan fingerprint density at radius 3 is 2.17 bits per heavy atom. The maximum Gasteiger partial charge on any atom is 0.305 e. The highest BCUT2D eigenvalue weighted by Gasteiger charge is 2.45. The second-order valence-electron chi connectivity index (χ2n) is 5.74. The smallest absolute Gasteiger partial charge is 0.305 e. The maximum absolute atomic E-state index is 12.9. The van der Waals surface area contributed by atoms with Crippen molar-refractivity contribution in [3.8, 4) is 0 Å². The molecule has 0 spiro atoms. The van der Waals surface area contributed by atoms with E-state index in [9.17, 15) is 14.4 Å². The minimum absolute atomic E-state index is 0. The molecule has 1 aliphatic rings. The quantitative estimate of drug-likeness (QED) is 0.735. The summed E-state index contributed by atoms with van der Waals surface area (Å²) in [5.74, 6) is -0.721. The van der Waals surface area contributed by atoms with Gasteiger partial charge >= 0.3 is 11.9 Å². The summed E-state index contributed by atoms with van der Waals surface area (Å²) >= 11 is 3.38. The van der Waals surface area contributed by atoms with E-state index in [1.807, 2.05) is 12.1 Å². The van der Waals surface area contributed by atoms with Gasteiger partial charge in [0.2, 0.25) is 0 Å². The van der Waals surface area contributed by atoms with Gasteiger partial charge in [-0.25, -0.2) is 0 Å². The Morgan fingerprint density at radius 2 is 1.67 bits per heavy atom. The first kappa shape index (κ1) is 20.3. The van der Waals surface area contributed by atoms with Gasteiger partial charge in [0.25, 0.3) is 0 Å². The van der Waals surface area contributed by atoms with Crippen LogP contribution >= 0.6 is 15.9 Å². The lowest BCUT2D eigenvalue weighted by Crippen LogP contribution is -2.30. The number of benzene rings is 1. The van der Waals surface area contributed by atoms with E-state index in [2.05, 4.69) is 25.4 Å². The Bertz CT molecular complexity index is 624. The fourth-order valence-electron chi connectivity index (χ4n) is 3.06. The van der Waals surface area contributed by atoms with Crippen molar-refractivity contribution in [2.45, 2.75) is 32.1 Å². The Kier molecular flexibility index (Phi) is 7.10. The SMILES string of the molecule is COC(=O)CCC1(CCC(=O)OC)Cc2ccc(Br)cc2C1=O.N. The fraction of sp³-hybridized carbons (Fsp3) is 0.471. The second kappa shape index (κ2) is 8.39. The molecule has 2 rings (SSSR count). The van der Waals surface area contributed by atoms with Crippen molar-refractivity contribution in [3.63, 3.8) is 0 Å². The second-order valence-corrected chi connectivity index (χ2v) is 6.66. The molecular weight excluding hydrogens is 378 g/mol. The van der Waals surface area contributed by atoms with Crippen LogP contribution in [0.4, 0.5) is 0 Å². The maximum atomic E-state index is 12.9. The molecule has 0 unspecified atom stereocenters. The summed E-state index contributed by atoms with van der Waals surface area (Å²) in [5.41, 5.74) is 0.868. The molecular formula is C17H22BrNO5. The number of hydrogen-bond acceptors (Lipinski definition) is 6.